The topological polar surface area (TPSA) is 58.4 Å². The van der Waals surface area contributed by atoms with Crippen LogP contribution in [0.2, 0.25) is 0 Å². The van der Waals surface area contributed by atoms with E-state index in [4.69, 9.17) is 9.40 Å². The highest BCUT2D eigenvalue weighted by Crippen LogP contribution is 2.35. The smallest absolute Gasteiger partial charge is 0.255 e. The molecule has 172 valence electrons. The third-order valence-corrected chi connectivity index (χ3v) is 6.62. The third kappa shape index (κ3) is 5.44. The van der Waals surface area contributed by atoms with Crippen molar-refractivity contribution in [2.24, 2.45) is 0 Å². The number of hydrogen-bond donors (Lipinski definition) is 1. The number of halogens is 1. The second kappa shape index (κ2) is 11.4. The molecule has 0 aliphatic rings. The monoisotopic (exact) mass is 457 g/mol. The average molecular weight is 458 g/mol. The number of nitrogens with one attached hydrogen (secondary N) is 1. The van der Waals surface area contributed by atoms with Crippen LogP contribution in [-0.4, -0.2) is 43.0 Å². The van der Waals surface area contributed by atoms with Crippen molar-refractivity contribution < 1.29 is 13.6 Å². The summed E-state index contributed by atoms with van der Waals surface area (Å²) in [4.78, 5) is 19.7. The van der Waals surface area contributed by atoms with E-state index in [2.05, 4.69) is 24.1 Å². The van der Waals surface area contributed by atoms with Crippen molar-refractivity contribution in [3.8, 4) is 11.3 Å². The lowest BCUT2D eigenvalue weighted by molar-refractivity contribution is 0.0964. The molecule has 0 aliphatic heterocycles. The lowest BCUT2D eigenvalue weighted by atomic mass is 10.0. The van der Waals surface area contributed by atoms with Crippen LogP contribution in [0.1, 0.15) is 49.0 Å². The maximum absolute atomic E-state index is 13.4. The molecule has 3 aromatic rings. The van der Waals surface area contributed by atoms with Crippen molar-refractivity contribution in [1.82, 2.24) is 10.3 Å². The van der Waals surface area contributed by atoms with Crippen molar-refractivity contribution in [3.63, 3.8) is 0 Å². The molecule has 0 fully saturated rings. The highest BCUT2D eigenvalue weighted by Gasteiger charge is 2.24. The first-order valence-electron chi connectivity index (χ1n) is 11.2. The summed E-state index contributed by atoms with van der Waals surface area (Å²) < 4.78 is 19.5. The van der Waals surface area contributed by atoms with Crippen molar-refractivity contribution in [2.75, 3.05) is 37.0 Å². The van der Waals surface area contributed by atoms with E-state index in [1.165, 1.54) is 30.7 Å². The van der Waals surface area contributed by atoms with Gasteiger partial charge in [0.05, 0.1) is 10.9 Å². The SMILES string of the molecule is CCCCSCCCN(C)c1nc2oc(-c3ccc(F)cc3)c(C(=O)NC)c2cc1CC. The molecule has 0 aliphatic carbocycles. The minimum Gasteiger partial charge on any atom is -0.437 e. The summed E-state index contributed by atoms with van der Waals surface area (Å²) in [5.74, 6) is 3.03. The zero-order valence-electron chi connectivity index (χ0n) is 19.3. The molecule has 1 amide bonds. The van der Waals surface area contributed by atoms with Crippen LogP contribution < -0.4 is 10.2 Å². The molecular weight excluding hydrogens is 425 g/mol. The normalized spacial score (nSPS) is 11.2. The van der Waals surface area contributed by atoms with Crippen LogP contribution in [0.15, 0.2) is 34.7 Å². The van der Waals surface area contributed by atoms with Crippen LogP contribution in [0.5, 0.6) is 0 Å². The number of amides is 1. The van der Waals surface area contributed by atoms with Gasteiger partial charge in [0.1, 0.15) is 17.4 Å². The predicted molar refractivity (Wildman–Crippen MR) is 132 cm³/mol. The van der Waals surface area contributed by atoms with Gasteiger partial charge < -0.3 is 14.6 Å². The lowest BCUT2D eigenvalue weighted by Crippen LogP contribution is -2.22. The minimum atomic E-state index is -0.338. The highest BCUT2D eigenvalue weighted by atomic mass is 32.2. The van der Waals surface area contributed by atoms with Gasteiger partial charge >= 0.3 is 0 Å². The fourth-order valence-electron chi connectivity index (χ4n) is 3.66. The third-order valence-electron chi connectivity index (χ3n) is 5.47. The van der Waals surface area contributed by atoms with E-state index < -0.39 is 0 Å². The Kier molecular flexibility index (Phi) is 8.56. The molecular formula is C25H32FN3O2S. The van der Waals surface area contributed by atoms with E-state index in [1.807, 2.05) is 24.9 Å². The van der Waals surface area contributed by atoms with Gasteiger partial charge in [-0.3, -0.25) is 4.79 Å². The molecule has 7 heteroatoms. The zero-order valence-corrected chi connectivity index (χ0v) is 20.2. The molecule has 2 heterocycles. The van der Waals surface area contributed by atoms with Crippen LogP contribution in [0, 0.1) is 5.82 Å². The van der Waals surface area contributed by atoms with Crippen LogP contribution in [-0.2, 0) is 6.42 Å². The Morgan fingerprint density at radius 3 is 2.56 bits per heavy atom. The second-order valence-electron chi connectivity index (χ2n) is 7.81. The molecule has 0 unspecified atom stereocenters. The number of carbonyl (C=O) groups is 1. The maximum Gasteiger partial charge on any atom is 0.255 e. The first-order valence-corrected chi connectivity index (χ1v) is 12.4. The van der Waals surface area contributed by atoms with Crippen LogP contribution in [0.25, 0.3) is 22.4 Å². The Balaban J connectivity index is 1.95. The van der Waals surface area contributed by atoms with Crippen LogP contribution in [0.3, 0.4) is 0 Å². The number of fused-ring (bicyclic) bond motifs is 1. The number of carbonyl (C=O) groups excluding carboxylic acids is 1. The molecule has 1 aromatic carbocycles. The summed E-state index contributed by atoms with van der Waals surface area (Å²) in [5, 5.41) is 3.37. The van der Waals surface area contributed by atoms with Gasteiger partial charge in [0.2, 0.25) is 5.71 Å². The number of rotatable bonds is 11. The standard InChI is InChI=1S/C25H32FN3O2S/c1-5-7-14-32-15-8-13-29(4)23-17(6-2)16-20-21(24(30)27-3)22(31-25(20)28-23)18-9-11-19(26)12-10-18/h9-12,16H,5-8,13-15H2,1-4H3,(H,27,30). The number of nitrogens with zero attached hydrogens (tertiary/aromatic N) is 2. The molecule has 0 radical (unpaired) electrons. The zero-order chi connectivity index (χ0) is 23.1. The number of aromatic nitrogens is 1. The molecule has 0 saturated heterocycles. The Hall–Kier alpha value is -2.54. The molecule has 0 spiro atoms. The highest BCUT2D eigenvalue weighted by molar-refractivity contribution is 7.99. The second-order valence-corrected chi connectivity index (χ2v) is 9.04. The Bertz CT molecular complexity index is 1050. The number of aryl methyl sites for hydroxylation is 1. The molecule has 2 aromatic heterocycles. The molecule has 0 atom stereocenters. The van der Waals surface area contributed by atoms with Crippen molar-refractivity contribution in [2.45, 2.75) is 39.5 Å². The Morgan fingerprint density at radius 1 is 1.19 bits per heavy atom. The number of benzene rings is 1. The summed E-state index contributed by atoms with van der Waals surface area (Å²) >= 11 is 2.00. The average Bonchev–Trinajstić information content (AvgIpc) is 3.18. The van der Waals surface area contributed by atoms with E-state index in [0.29, 0.717) is 28.0 Å². The van der Waals surface area contributed by atoms with Crippen molar-refractivity contribution in [1.29, 1.82) is 0 Å². The van der Waals surface area contributed by atoms with E-state index >= 15 is 0 Å². The van der Waals surface area contributed by atoms with Gasteiger partial charge in [-0.15, -0.1) is 0 Å². The summed E-state index contributed by atoms with van der Waals surface area (Å²) in [6.45, 7) is 5.20. The van der Waals surface area contributed by atoms with Crippen LogP contribution >= 0.6 is 11.8 Å². The Morgan fingerprint density at radius 2 is 1.91 bits per heavy atom. The molecule has 1 N–H and O–H groups in total. The van der Waals surface area contributed by atoms with Gasteiger partial charge in [-0.25, -0.2) is 4.39 Å². The molecule has 0 saturated carbocycles. The van der Waals surface area contributed by atoms with E-state index in [9.17, 15) is 9.18 Å². The summed E-state index contributed by atoms with van der Waals surface area (Å²) in [6, 6.07) is 7.95. The number of furan rings is 1. The maximum atomic E-state index is 13.4. The molecule has 5 nitrogen and oxygen atoms in total. The van der Waals surface area contributed by atoms with Crippen LogP contribution in [0.4, 0.5) is 10.2 Å². The summed E-state index contributed by atoms with van der Waals surface area (Å²) in [6.07, 6.45) is 4.37. The van der Waals surface area contributed by atoms with Gasteiger partial charge in [-0.1, -0.05) is 20.3 Å². The Labute approximate surface area is 193 Å². The summed E-state index contributed by atoms with van der Waals surface area (Å²) in [7, 11) is 3.64. The number of pyridine rings is 1. The van der Waals surface area contributed by atoms with E-state index in [-0.39, 0.29) is 11.7 Å². The quantitative estimate of drug-likeness (QED) is 0.363. The first-order chi connectivity index (χ1) is 15.5. The number of hydrogen-bond acceptors (Lipinski definition) is 5. The number of thioether (sulfide) groups is 1. The number of anilines is 1. The summed E-state index contributed by atoms with van der Waals surface area (Å²) in [5.41, 5.74) is 2.55. The predicted octanol–water partition coefficient (Wildman–Crippen LogP) is 5.92. The van der Waals surface area contributed by atoms with Crippen molar-refractivity contribution in [3.05, 3.63) is 47.3 Å². The van der Waals surface area contributed by atoms with Gasteiger partial charge in [0, 0.05) is 26.2 Å². The lowest BCUT2D eigenvalue weighted by Gasteiger charge is -2.20. The van der Waals surface area contributed by atoms with Gasteiger partial charge in [0.25, 0.3) is 5.91 Å². The molecule has 3 rings (SSSR count). The first kappa shape index (κ1) is 24.1. The fourth-order valence-corrected chi connectivity index (χ4v) is 4.69. The van der Waals surface area contributed by atoms with Gasteiger partial charge in [-0.05, 0) is 66.7 Å². The minimum absolute atomic E-state index is 0.253. The fraction of sp³-hybridized carbons (Fsp3) is 0.440. The molecule has 32 heavy (non-hydrogen) atoms. The van der Waals surface area contributed by atoms with Gasteiger partial charge in [-0.2, -0.15) is 16.7 Å². The van der Waals surface area contributed by atoms with E-state index in [1.54, 1.807) is 19.2 Å². The molecule has 0 bridgehead atoms. The largest absolute Gasteiger partial charge is 0.437 e. The number of unbranched alkanes of at least 4 members (excludes halogenated alkanes) is 1. The van der Waals surface area contributed by atoms with E-state index in [0.717, 1.165) is 36.5 Å². The van der Waals surface area contributed by atoms with Gasteiger partial charge in [0.15, 0.2) is 0 Å². The van der Waals surface area contributed by atoms with Crippen molar-refractivity contribution >= 4 is 34.6 Å².